The van der Waals surface area contributed by atoms with Gasteiger partial charge in [-0.15, -0.1) is 0 Å². The second kappa shape index (κ2) is 8.39. The van der Waals surface area contributed by atoms with Crippen LogP contribution in [0.25, 0.3) is 0 Å². The van der Waals surface area contributed by atoms with E-state index in [1.165, 1.54) is 11.1 Å². The molecule has 3 rings (SSSR count). The van der Waals surface area contributed by atoms with E-state index in [1.54, 1.807) is 18.3 Å². The van der Waals surface area contributed by atoms with Crippen LogP contribution in [0.2, 0.25) is 10.0 Å². The molecule has 3 aromatic rings. The summed E-state index contributed by atoms with van der Waals surface area (Å²) < 4.78 is 5.79. The molecular formula is C22H19Cl2NO. The highest BCUT2D eigenvalue weighted by atomic mass is 35.5. The monoisotopic (exact) mass is 383 g/mol. The van der Waals surface area contributed by atoms with Crippen molar-refractivity contribution in [1.29, 1.82) is 0 Å². The predicted molar refractivity (Wildman–Crippen MR) is 110 cm³/mol. The van der Waals surface area contributed by atoms with Crippen LogP contribution in [0.1, 0.15) is 22.3 Å². The second-order valence-electron chi connectivity index (χ2n) is 6.11. The van der Waals surface area contributed by atoms with Gasteiger partial charge in [0, 0.05) is 6.21 Å². The number of halogens is 2. The van der Waals surface area contributed by atoms with Gasteiger partial charge in [0.1, 0.15) is 6.61 Å². The van der Waals surface area contributed by atoms with Gasteiger partial charge in [-0.2, -0.15) is 0 Å². The normalized spacial score (nSPS) is 11.1. The molecule has 0 heterocycles. The van der Waals surface area contributed by atoms with E-state index in [2.05, 4.69) is 24.9 Å². The molecule has 0 unspecified atom stereocenters. The minimum absolute atomic E-state index is 0.413. The van der Waals surface area contributed by atoms with Crippen molar-refractivity contribution in [2.24, 2.45) is 4.99 Å². The van der Waals surface area contributed by atoms with Crippen molar-refractivity contribution in [3.05, 3.63) is 93.0 Å². The smallest absolute Gasteiger partial charge is 0.157 e. The molecule has 0 aromatic heterocycles. The van der Waals surface area contributed by atoms with Gasteiger partial charge < -0.3 is 4.74 Å². The van der Waals surface area contributed by atoms with Gasteiger partial charge in [0.15, 0.2) is 5.75 Å². The zero-order valence-electron chi connectivity index (χ0n) is 14.7. The number of nitrogens with zero attached hydrogens (tertiary/aromatic N) is 1. The Morgan fingerprint density at radius 1 is 0.885 bits per heavy atom. The molecule has 0 spiro atoms. The summed E-state index contributed by atoms with van der Waals surface area (Å²) in [6.07, 6.45) is 1.75. The summed E-state index contributed by atoms with van der Waals surface area (Å²) in [5.41, 5.74) is 5.23. The van der Waals surface area contributed by atoms with E-state index in [4.69, 9.17) is 27.9 Å². The van der Waals surface area contributed by atoms with Crippen molar-refractivity contribution in [2.45, 2.75) is 20.5 Å². The predicted octanol–water partition coefficient (Wildman–Crippen LogP) is 6.94. The second-order valence-corrected chi connectivity index (χ2v) is 6.93. The average Bonchev–Trinajstić information content (AvgIpc) is 2.63. The third-order valence-electron chi connectivity index (χ3n) is 4.10. The Labute approximate surface area is 164 Å². The summed E-state index contributed by atoms with van der Waals surface area (Å²) in [7, 11) is 0. The van der Waals surface area contributed by atoms with Crippen LogP contribution in [0.5, 0.6) is 5.75 Å². The SMILES string of the molecule is Cc1ccc(N=Cc2cc(Cl)c(OCc3ccccc3)c(Cl)c2)cc1C. The molecule has 0 amide bonds. The fourth-order valence-electron chi connectivity index (χ4n) is 2.48. The zero-order chi connectivity index (χ0) is 18.5. The highest BCUT2D eigenvalue weighted by Crippen LogP contribution is 2.34. The molecule has 0 radical (unpaired) electrons. The highest BCUT2D eigenvalue weighted by Gasteiger charge is 2.09. The van der Waals surface area contributed by atoms with Crippen LogP contribution in [0.3, 0.4) is 0 Å². The van der Waals surface area contributed by atoms with Crippen molar-refractivity contribution in [2.75, 3.05) is 0 Å². The fraction of sp³-hybridized carbons (Fsp3) is 0.136. The van der Waals surface area contributed by atoms with Gasteiger partial charge in [0.05, 0.1) is 15.7 Å². The van der Waals surface area contributed by atoms with Crippen molar-refractivity contribution in [3.63, 3.8) is 0 Å². The number of rotatable bonds is 5. The van der Waals surface area contributed by atoms with Crippen LogP contribution < -0.4 is 4.74 Å². The lowest BCUT2D eigenvalue weighted by molar-refractivity contribution is 0.306. The molecule has 0 bridgehead atoms. The summed E-state index contributed by atoms with van der Waals surface area (Å²) in [5.74, 6) is 0.487. The van der Waals surface area contributed by atoms with Crippen LogP contribution >= 0.6 is 23.2 Å². The van der Waals surface area contributed by atoms with Gasteiger partial charge in [-0.1, -0.05) is 59.6 Å². The van der Waals surface area contributed by atoms with Gasteiger partial charge in [-0.05, 0) is 60.4 Å². The molecule has 4 heteroatoms. The molecule has 0 aliphatic carbocycles. The van der Waals surface area contributed by atoms with Crippen molar-refractivity contribution in [1.82, 2.24) is 0 Å². The van der Waals surface area contributed by atoms with Crippen LogP contribution in [0, 0.1) is 13.8 Å². The number of hydrogen-bond donors (Lipinski definition) is 0. The summed E-state index contributed by atoms with van der Waals surface area (Å²) >= 11 is 12.7. The standard InChI is InChI=1S/C22H19Cl2NO/c1-15-8-9-19(10-16(15)2)25-13-18-11-20(23)22(21(24)12-18)26-14-17-6-4-3-5-7-17/h3-13H,14H2,1-2H3. The molecule has 0 saturated carbocycles. The van der Waals surface area contributed by atoms with Gasteiger partial charge >= 0.3 is 0 Å². The first-order valence-corrected chi connectivity index (χ1v) is 9.05. The largest absolute Gasteiger partial charge is 0.486 e. The van der Waals surface area contributed by atoms with Gasteiger partial charge in [0.25, 0.3) is 0 Å². The fourth-order valence-corrected chi connectivity index (χ4v) is 3.09. The minimum Gasteiger partial charge on any atom is -0.486 e. The molecule has 3 aromatic carbocycles. The Balaban J connectivity index is 1.76. The quantitative estimate of drug-likeness (QED) is 0.437. The molecule has 0 aliphatic rings. The topological polar surface area (TPSA) is 21.6 Å². The van der Waals surface area contributed by atoms with Crippen molar-refractivity contribution < 1.29 is 4.74 Å². The minimum atomic E-state index is 0.413. The van der Waals surface area contributed by atoms with E-state index in [0.29, 0.717) is 22.4 Å². The lowest BCUT2D eigenvalue weighted by Gasteiger charge is -2.11. The molecule has 0 atom stereocenters. The Morgan fingerprint density at radius 3 is 2.23 bits per heavy atom. The maximum absolute atomic E-state index is 6.36. The molecule has 26 heavy (non-hydrogen) atoms. The number of aliphatic imine (C=N–C) groups is 1. The Kier molecular flexibility index (Phi) is 5.97. The highest BCUT2D eigenvalue weighted by molar-refractivity contribution is 6.37. The van der Waals surface area contributed by atoms with Gasteiger partial charge in [-0.25, -0.2) is 0 Å². The number of hydrogen-bond acceptors (Lipinski definition) is 2. The summed E-state index contributed by atoms with van der Waals surface area (Å²) in [5, 5.41) is 0.935. The third kappa shape index (κ3) is 4.66. The Morgan fingerprint density at radius 2 is 1.58 bits per heavy atom. The number of benzene rings is 3. The maximum atomic E-state index is 6.36. The molecule has 0 fully saturated rings. The molecule has 132 valence electrons. The first-order valence-electron chi connectivity index (χ1n) is 8.30. The van der Waals surface area contributed by atoms with Gasteiger partial charge in [-0.3, -0.25) is 4.99 Å². The molecule has 0 N–H and O–H groups in total. The van der Waals surface area contributed by atoms with Crippen LogP contribution in [-0.4, -0.2) is 6.21 Å². The summed E-state index contributed by atoms with van der Waals surface area (Å²) in [4.78, 5) is 4.50. The Hall–Kier alpha value is -2.29. The van der Waals surface area contributed by atoms with Crippen LogP contribution in [0.4, 0.5) is 5.69 Å². The van der Waals surface area contributed by atoms with Gasteiger partial charge in [0.2, 0.25) is 0 Å². The molecule has 2 nitrogen and oxygen atoms in total. The Bertz CT molecular complexity index is 913. The first-order chi connectivity index (χ1) is 12.5. The number of aryl methyl sites for hydroxylation is 2. The van der Waals surface area contributed by atoms with Crippen LogP contribution in [0.15, 0.2) is 65.7 Å². The van der Waals surface area contributed by atoms with E-state index in [9.17, 15) is 0 Å². The van der Waals surface area contributed by atoms with E-state index < -0.39 is 0 Å². The van der Waals surface area contributed by atoms with Crippen LogP contribution in [-0.2, 0) is 6.61 Å². The van der Waals surface area contributed by atoms with E-state index >= 15 is 0 Å². The molecule has 0 aliphatic heterocycles. The van der Waals surface area contributed by atoms with E-state index in [0.717, 1.165) is 16.8 Å². The molecular weight excluding hydrogens is 365 g/mol. The third-order valence-corrected chi connectivity index (χ3v) is 4.66. The zero-order valence-corrected chi connectivity index (χ0v) is 16.2. The summed E-state index contributed by atoms with van der Waals surface area (Å²) in [6.45, 7) is 4.56. The molecule has 0 saturated heterocycles. The lowest BCUT2D eigenvalue weighted by atomic mass is 10.1. The van der Waals surface area contributed by atoms with Crippen molar-refractivity contribution in [3.8, 4) is 5.75 Å². The first kappa shape index (κ1) is 18.5. The van der Waals surface area contributed by atoms with Crippen molar-refractivity contribution >= 4 is 35.1 Å². The number of ether oxygens (including phenoxy) is 1. The average molecular weight is 384 g/mol. The lowest BCUT2D eigenvalue weighted by Crippen LogP contribution is -1.97. The van der Waals surface area contributed by atoms with E-state index in [1.807, 2.05) is 42.5 Å². The summed E-state index contributed by atoms with van der Waals surface area (Å²) in [6, 6.07) is 19.6. The van der Waals surface area contributed by atoms with E-state index in [-0.39, 0.29) is 0 Å². The maximum Gasteiger partial charge on any atom is 0.157 e.